The largest absolute Gasteiger partial charge is 0.476 e. The summed E-state index contributed by atoms with van der Waals surface area (Å²) in [5.74, 6) is -2.27. The number of thiazole rings is 1. The predicted octanol–water partition coefficient (Wildman–Crippen LogP) is 1.56. The number of nitrogens with one attached hydrogen (secondary N) is 1. The molecular weight excluding hydrogens is 347 g/mol. The highest BCUT2D eigenvalue weighted by atomic mass is 32.2. The SMILES string of the molecule is O=C(O)/C(=N\OC1CSC1)c1csc(NC(=O)C(F)(F)F)n1. The molecule has 1 fully saturated rings. The second kappa shape index (κ2) is 6.52. The molecule has 2 N–H and O–H groups in total. The van der Waals surface area contributed by atoms with E-state index in [-0.39, 0.29) is 16.9 Å². The Balaban J connectivity index is 2.09. The molecule has 0 unspecified atom stereocenters. The van der Waals surface area contributed by atoms with Crippen molar-refractivity contribution in [3.8, 4) is 0 Å². The van der Waals surface area contributed by atoms with Gasteiger partial charge in [-0.2, -0.15) is 24.9 Å². The van der Waals surface area contributed by atoms with Crippen molar-refractivity contribution in [3.63, 3.8) is 0 Å². The number of carboxylic acid groups (broad SMARTS) is 1. The number of carboxylic acids is 1. The Morgan fingerprint density at radius 1 is 1.45 bits per heavy atom. The number of aromatic nitrogens is 1. The van der Waals surface area contributed by atoms with Gasteiger partial charge in [0.1, 0.15) is 11.8 Å². The fourth-order valence-corrected chi connectivity index (χ4v) is 2.45. The summed E-state index contributed by atoms with van der Waals surface area (Å²) >= 11 is 2.25. The Morgan fingerprint density at radius 2 is 2.14 bits per heavy atom. The molecule has 7 nitrogen and oxygen atoms in total. The van der Waals surface area contributed by atoms with Gasteiger partial charge in [-0.3, -0.25) is 10.1 Å². The Kier molecular flexibility index (Phi) is 4.90. The van der Waals surface area contributed by atoms with Crippen LogP contribution in [0, 0.1) is 0 Å². The molecule has 1 saturated heterocycles. The van der Waals surface area contributed by atoms with Crippen LogP contribution in [0.2, 0.25) is 0 Å². The average molecular weight is 355 g/mol. The van der Waals surface area contributed by atoms with Crippen molar-refractivity contribution in [2.75, 3.05) is 16.8 Å². The van der Waals surface area contributed by atoms with Gasteiger partial charge in [0.25, 0.3) is 0 Å². The maximum Gasteiger partial charge on any atom is 0.471 e. The summed E-state index contributed by atoms with van der Waals surface area (Å²) in [5.41, 5.74) is -0.734. The van der Waals surface area contributed by atoms with Gasteiger partial charge in [0.05, 0.1) is 0 Å². The highest BCUT2D eigenvalue weighted by molar-refractivity contribution is 8.00. The molecule has 0 aliphatic carbocycles. The van der Waals surface area contributed by atoms with Crippen LogP contribution in [0.3, 0.4) is 0 Å². The zero-order valence-corrected chi connectivity index (χ0v) is 12.2. The van der Waals surface area contributed by atoms with Crippen molar-refractivity contribution < 1.29 is 32.7 Å². The van der Waals surface area contributed by atoms with Crippen LogP contribution >= 0.6 is 23.1 Å². The number of alkyl halides is 3. The second-order valence-corrected chi connectivity index (χ2v) is 5.93. The minimum absolute atomic E-state index is 0.192. The van der Waals surface area contributed by atoms with Crippen molar-refractivity contribution in [3.05, 3.63) is 11.1 Å². The number of anilines is 1. The summed E-state index contributed by atoms with van der Waals surface area (Å²) in [5, 5.41) is 14.8. The first-order valence-corrected chi connectivity index (χ1v) is 7.69. The summed E-state index contributed by atoms with van der Waals surface area (Å²) in [6.07, 6.45) is -5.25. The Hall–Kier alpha value is -1.82. The van der Waals surface area contributed by atoms with Crippen LogP contribution < -0.4 is 5.32 Å². The Labute approximate surface area is 129 Å². The molecule has 2 rings (SSSR count). The number of carbonyl (C=O) groups excluding carboxylic acids is 1. The molecule has 0 atom stereocenters. The number of carbonyl (C=O) groups is 2. The molecule has 0 radical (unpaired) electrons. The lowest BCUT2D eigenvalue weighted by Gasteiger charge is -2.22. The monoisotopic (exact) mass is 355 g/mol. The number of hydrogen-bond donors (Lipinski definition) is 2. The molecule has 1 aromatic heterocycles. The van der Waals surface area contributed by atoms with Crippen molar-refractivity contribution in [1.82, 2.24) is 4.98 Å². The van der Waals surface area contributed by atoms with Crippen LogP contribution in [0.1, 0.15) is 5.69 Å². The molecule has 2 heterocycles. The number of rotatable bonds is 5. The van der Waals surface area contributed by atoms with Crippen LogP contribution in [-0.4, -0.2) is 51.5 Å². The van der Waals surface area contributed by atoms with E-state index in [1.165, 1.54) is 5.32 Å². The van der Waals surface area contributed by atoms with E-state index in [0.717, 1.165) is 5.38 Å². The minimum atomic E-state index is -5.06. The highest BCUT2D eigenvalue weighted by Gasteiger charge is 2.39. The number of nitrogens with zero attached hydrogens (tertiary/aromatic N) is 2. The zero-order chi connectivity index (χ0) is 16.3. The van der Waals surface area contributed by atoms with Gasteiger partial charge in [-0.15, -0.1) is 11.3 Å². The van der Waals surface area contributed by atoms with Gasteiger partial charge in [-0.25, -0.2) is 9.78 Å². The fourth-order valence-electron chi connectivity index (χ4n) is 1.21. The third kappa shape index (κ3) is 4.10. The second-order valence-electron chi connectivity index (χ2n) is 4.00. The van der Waals surface area contributed by atoms with Crippen LogP contribution in [0.15, 0.2) is 10.5 Å². The average Bonchev–Trinajstić information content (AvgIpc) is 2.78. The van der Waals surface area contributed by atoms with Gasteiger partial charge in [0.2, 0.25) is 5.71 Å². The lowest BCUT2D eigenvalue weighted by atomic mass is 10.3. The zero-order valence-electron chi connectivity index (χ0n) is 10.6. The first kappa shape index (κ1) is 16.5. The summed E-state index contributed by atoms with van der Waals surface area (Å²) in [4.78, 5) is 30.4. The lowest BCUT2D eigenvalue weighted by Crippen LogP contribution is -2.30. The van der Waals surface area contributed by atoms with E-state index in [1.54, 1.807) is 11.8 Å². The number of oxime groups is 1. The molecule has 0 aromatic carbocycles. The molecule has 0 saturated carbocycles. The number of amides is 1. The van der Waals surface area contributed by atoms with Crippen LogP contribution in [0.25, 0.3) is 0 Å². The predicted molar refractivity (Wildman–Crippen MR) is 73.2 cm³/mol. The van der Waals surface area contributed by atoms with E-state index < -0.39 is 23.8 Å². The van der Waals surface area contributed by atoms with Gasteiger partial charge in [0.15, 0.2) is 5.13 Å². The maximum absolute atomic E-state index is 12.1. The topological polar surface area (TPSA) is 101 Å². The standard InChI is InChI=1S/C10H8F3N3O4S2/c11-10(12,13)8(19)15-9-14-5(3-22-9)6(7(17)18)16-20-4-1-21-2-4/h3-4H,1-2H2,(H,17,18)(H,14,15,19)/b16-6-. The number of aliphatic carboxylic acids is 1. The smallest absolute Gasteiger partial charge is 0.471 e. The molecule has 1 aliphatic rings. The first-order chi connectivity index (χ1) is 10.3. The van der Waals surface area contributed by atoms with Crippen molar-refractivity contribution in [1.29, 1.82) is 0 Å². The summed E-state index contributed by atoms with van der Waals surface area (Å²) in [6.45, 7) is 0. The van der Waals surface area contributed by atoms with Crippen LogP contribution in [0.5, 0.6) is 0 Å². The van der Waals surface area contributed by atoms with Gasteiger partial charge in [-0.05, 0) is 0 Å². The molecule has 1 aromatic rings. The van der Waals surface area contributed by atoms with E-state index in [2.05, 4.69) is 10.1 Å². The molecule has 0 spiro atoms. The molecule has 12 heteroatoms. The van der Waals surface area contributed by atoms with E-state index >= 15 is 0 Å². The lowest BCUT2D eigenvalue weighted by molar-refractivity contribution is -0.167. The molecule has 1 aliphatic heterocycles. The van der Waals surface area contributed by atoms with Crippen molar-refractivity contribution in [2.45, 2.75) is 12.3 Å². The third-order valence-corrected chi connectivity index (χ3v) is 4.30. The van der Waals surface area contributed by atoms with E-state index in [9.17, 15) is 22.8 Å². The number of thioether (sulfide) groups is 1. The molecular formula is C10H8F3N3O4S2. The first-order valence-electron chi connectivity index (χ1n) is 5.66. The Morgan fingerprint density at radius 3 is 2.64 bits per heavy atom. The molecule has 120 valence electrons. The van der Waals surface area contributed by atoms with Gasteiger partial charge < -0.3 is 9.94 Å². The van der Waals surface area contributed by atoms with E-state index in [4.69, 9.17) is 9.94 Å². The summed E-state index contributed by atoms with van der Waals surface area (Å²) < 4.78 is 36.3. The van der Waals surface area contributed by atoms with Crippen molar-refractivity contribution in [2.24, 2.45) is 5.16 Å². The summed E-state index contributed by atoms with van der Waals surface area (Å²) in [6, 6.07) is 0. The number of hydrogen-bond acceptors (Lipinski definition) is 7. The maximum atomic E-state index is 12.1. The summed E-state index contributed by atoms with van der Waals surface area (Å²) in [7, 11) is 0. The Bertz CT molecular complexity index is 613. The minimum Gasteiger partial charge on any atom is -0.476 e. The quantitative estimate of drug-likeness (QED) is 0.614. The normalized spacial score (nSPS) is 16.0. The highest BCUT2D eigenvalue weighted by Crippen LogP contribution is 2.23. The van der Waals surface area contributed by atoms with Gasteiger partial charge in [-0.1, -0.05) is 5.16 Å². The van der Waals surface area contributed by atoms with Crippen LogP contribution in [-0.2, 0) is 14.4 Å². The van der Waals surface area contributed by atoms with Crippen molar-refractivity contribution >= 4 is 45.8 Å². The van der Waals surface area contributed by atoms with E-state index in [0.29, 0.717) is 22.8 Å². The number of halogens is 3. The van der Waals surface area contributed by atoms with Gasteiger partial charge >= 0.3 is 18.1 Å². The third-order valence-electron chi connectivity index (χ3n) is 2.33. The molecule has 22 heavy (non-hydrogen) atoms. The fraction of sp³-hybridized carbons (Fsp3) is 0.400. The molecule has 1 amide bonds. The van der Waals surface area contributed by atoms with Crippen LogP contribution in [0.4, 0.5) is 18.3 Å². The van der Waals surface area contributed by atoms with E-state index in [1.807, 2.05) is 0 Å². The molecule has 0 bridgehead atoms. The van der Waals surface area contributed by atoms with Gasteiger partial charge in [0, 0.05) is 16.9 Å².